The Balaban J connectivity index is 1.73. The lowest BCUT2D eigenvalue weighted by molar-refractivity contribution is 0.170. The van der Waals surface area contributed by atoms with Crippen LogP contribution >= 0.6 is 0 Å². The molecule has 2 fully saturated rings. The molecule has 2 unspecified atom stereocenters. The highest BCUT2D eigenvalue weighted by molar-refractivity contribution is 7.91. The Morgan fingerprint density at radius 3 is 2.41 bits per heavy atom. The van der Waals surface area contributed by atoms with E-state index in [2.05, 4.69) is 10.2 Å². The number of rotatable bonds is 4. The lowest BCUT2D eigenvalue weighted by Crippen LogP contribution is -2.48. The average molecular weight is 324 g/mol. The predicted molar refractivity (Wildman–Crippen MR) is 88.3 cm³/mol. The third kappa shape index (κ3) is 3.55. The normalized spacial score (nSPS) is 28.4. The van der Waals surface area contributed by atoms with Gasteiger partial charge in [-0.25, -0.2) is 8.42 Å². The molecule has 22 heavy (non-hydrogen) atoms. The smallest absolute Gasteiger partial charge is 0.153 e. The van der Waals surface area contributed by atoms with Crippen molar-refractivity contribution in [2.24, 2.45) is 0 Å². The van der Waals surface area contributed by atoms with Gasteiger partial charge in [-0.15, -0.1) is 0 Å². The molecule has 2 heterocycles. The van der Waals surface area contributed by atoms with Crippen molar-refractivity contribution in [3.63, 3.8) is 0 Å². The standard InChI is InChI=1S/C16H24N2O3S/c1-21-14-7-5-13(6-8-14)17-15-11-22(19,20)12-16(15)18-9-3-2-4-10-18/h5-8,15-17H,2-4,9-12H2,1H3. The molecule has 2 saturated heterocycles. The summed E-state index contributed by atoms with van der Waals surface area (Å²) < 4.78 is 29.4. The van der Waals surface area contributed by atoms with Crippen LogP contribution in [0.5, 0.6) is 5.75 Å². The molecule has 6 heteroatoms. The first kappa shape index (κ1) is 15.6. The Bertz CT molecular complexity index is 594. The second-order valence-corrected chi connectivity index (χ2v) is 8.37. The molecule has 5 nitrogen and oxygen atoms in total. The first-order valence-electron chi connectivity index (χ1n) is 7.92. The summed E-state index contributed by atoms with van der Waals surface area (Å²) in [4.78, 5) is 2.36. The van der Waals surface area contributed by atoms with Gasteiger partial charge in [-0.2, -0.15) is 0 Å². The fourth-order valence-electron chi connectivity index (χ4n) is 3.48. The van der Waals surface area contributed by atoms with E-state index in [1.807, 2.05) is 24.3 Å². The summed E-state index contributed by atoms with van der Waals surface area (Å²) in [6, 6.07) is 7.72. The minimum Gasteiger partial charge on any atom is -0.497 e. The summed E-state index contributed by atoms with van der Waals surface area (Å²) in [5.41, 5.74) is 0.949. The van der Waals surface area contributed by atoms with Crippen LogP contribution in [0.2, 0.25) is 0 Å². The molecule has 1 N–H and O–H groups in total. The fraction of sp³-hybridized carbons (Fsp3) is 0.625. The molecule has 3 rings (SSSR count). The Morgan fingerprint density at radius 1 is 1.09 bits per heavy atom. The van der Waals surface area contributed by atoms with Crippen molar-refractivity contribution in [1.82, 2.24) is 4.90 Å². The molecule has 0 saturated carbocycles. The molecule has 2 aliphatic rings. The molecule has 2 aliphatic heterocycles. The SMILES string of the molecule is COc1ccc(NC2CS(=O)(=O)CC2N2CCCCC2)cc1. The number of sulfone groups is 1. The summed E-state index contributed by atoms with van der Waals surface area (Å²) in [5, 5.41) is 3.42. The van der Waals surface area contributed by atoms with Crippen LogP contribution in [0, 0.1) is 0 Å². The molecular weight excluding hydrogens is 300 g/mol. The quantitative estimate of drug-likeness (QED) is 0.914. The zero-order valence-electron chi connectivity index (χ0n) is 13.0. The van der Waals surface area contributed by atoms with Gasteiger partial charge in [0.15, 0.2) is 9.84 Å². The molecule has 1 aromatic carbocycles. The molecule has 0 radical (unpaired) electrons. The van der Waals surface area contributed by atoms with Crippen LogP contribution in [0.3, 0.4) is 0 Å². The van der Waals surface area contributed by atoms with Gasteiger partial charge in [-0.3, -0.25) is 4.90 Å². The summed E-state index contributed by atoms with van der Waals surface area (Å²) in [6.07, 6.45) is 3.60. The van der Waals surface area contributed by atoms with Crippen LogP contribution in [0.1, 0.15) is 19.3 Å². The van der Waals surface area contributed by atoms with Gasteiger partial charge in [-0.05, 0) is 50.2 Å². The Morgan fingerprint density at radius 2 is 1.77 bits per heavy atom. The third-order valence-corrected chi connectivity index (χ3v) is 6.34. The second kappa shape index (κ2) is 6.46. The first-order chi connectivity index (χ1) is 10.6. The molecule has 0 aromatic heterocycles. The van der Waals surface area contributed by atoms with Gasteiger partial charge in [0.05, 0.1) is 24.7 Å². The molecule has 122 valence electrons. The Labute approximate surface area is 132 Å². The average Bonchev–Trinajstić information content (AvgIpc) is 2.83. The maximum atomic E-state index is 12.1. The highest BCUT2D eigenvalue weighted by Gasteiger charge is 2.41. The Kier molecular flexibility index (Phi) is 4.59. The van der Waals surface area contributed by atoms with Crippen LogP contribution in [-0.4, -0.2) is 57.1 Å². The van der Waals surface area contributed by atoms with Gasteiger partial charge < -0.3 is 10.1 Å². The maximum absolute atomic E-state index is 12.1. The first-order valence-corrected chi connectivity index (χ1v) is 9.74. The number of nitrogens with one attached hydrogen (secondary N) is 1. The number of piperidine rings is 1. The maximum Gasteiger partial charge on any atom is 0.153 e. The number of ether oxygens (including phenoxy) is 1. The van der Waals surface area contributed by atoms with Crippen molar-refractivity contribution in [1.29, 1.82) is 0 Å². The van der Waals surface area contributed by atoms with E-state index < -0.39 is 9.84 Å². The largest absolute Gasteiger partial charge is 0.497 e. The van der Waals surface area contributed by atoms with Crippen molar-refractivity contribution < 1.29 is 13.2 Å². The minimum absolute atomic E-state index is 0.0310. The van der Waals surface area contributed by atoms with Crippen molar-refractivity contribution >= 4 is 15.5 Å². The number of benzene rings is 1. The van der Waals surface area contributed by atoms with Crippen LogP contribution in [0.15, 0.2) is 24.3 Å². The number of hydrogen-bond acceptors (Lipinski definition) is 5. The third-order valence-electron chi connectivity index (χ3n) is 4.62. The highest BCUT2D eigenvalue weighted by atomic mass is 32.2. The van der Waals surface area contributed by atoms with E-state index in [1.165, 1.54) is 19.3 Å². The lowest BCUT2D eigenvalue weighted by atomic mass is 10.0. The summed E-state index contributed by atoms with van der Waals surface area (Å²) in [6.45, 7) is 2.03. The van der Waals surface area contributed by atoms with Crippen molar-refractivity contribution in [2.45, 2.75) is 31.3 Å². The van der Waals surface area contributed by atoms with E-state index in [0.29, 0.717) is 0 Å². The molecule has 1 aromatic rings. The molecule has 0 spiro atoms. The van der Waals surface area contributed by atoms with Crippen LogP contribution in [-0.2, 0) is 9.84 Å². The molecule has 2 atom stereocenters. The van der Waals surface area contributed by atoms with Gasteiger partial charge in [0, 0.05) is 11.7 Å². The monoisotopic (exact) mass is 324 g/mol. The zero-order chi connectivity index (χ0) is 15.6. The van der Waals surface area contributed by atoms with E-state index >= 15 is 0 Å². The van der Waals surface area contributed by atoms with E-state index in [-0.39, 0.29) is 23.6 Å². The van der Waals surface area contributed by atoms with Crippen LogP contribution in [0.4, 0.5) is 5.69 Å². The molecule has 0 amide bonds. The summed E-state index contributed by atoms with van der Waals surface area (Å²) in [7, 11) is -1.32. The van der Waals surface area contributed by atoms with E-state index in [4.69, 9.17) is 4.74 Å². The fourth-order valence-corrected chi connectivity index (χ4v) is 5.43. The van der Waals surface area contributed by atoms with E-state index in [0.717, 1.165) is 24.5 Å². The lowest BCUT2D eigenvalue weighted by Gasteiger charge is -2.35. The number of hydrogen-bond donors (Lipinski definition) is 1. The molecule has 0 aliphatic carbocycles. The summed E-state index contributed by atoms with van der Waals surface area (Å²) in [5.74, 6) is 1.30. The van der Waals surface area contributed by atoms with E-state index in [1.54, 1.807) is 7.11 Å². The number of anilines is 1. The van der Waals surface area contributed by atoms with Crippen molar-refractivity contribution in [3.8, 4) is 5.75 Å². The van der Waals surface area contributed by atoms with Gasteiger partial charge in [0.1, 0.15) is 5.75 Å². The van der Waals surface area contributed by atoms with Gasteiger partial charge in [0.2, 0.25) is 0 Å². The zero-order valence-corrected chi connectivity index (χ0v) is 13.8. The van der Waals surface area contributed by atoms with Crippen LogP contribution < -0.4 is 10.1 Å². The number of nitrogens with zero attached hydrogens (tertiary/aromatic N) is 1. The topological polar surface area (TPSA) is 58.6 Å². The number of methoxy groups -OCH3 is 1. The van der Waals surface area contributed by atoms with Gasteiger partial charge >= 0.3 is 0 Å². The Hall–Kier alpha value is -1.27. The highest BCUT2D eigenvalue weighted by Crippen LogP contribution is 2.25. The van der Waals surface area contributed by atoms with Crippen molar-refractivity contribution in [2.75, 3.05) is 37.0 Å². The van der Waals surface area contributed by atoms with Crippen LogP contribution in [0.25, 0.3) is 0 Å². The van der Waals surface area contributed by atoms with E-state index in [9.17, 15) is 8.42 Å². The predicted octanol–water partition coefficient (Wildman–Crippen LogP) is 1.76. The minimum atomic E-state index is -2.96. The summed E-state index contributed by atoms with van der Waals surface area (Å²) >= 11 is 0. The molecular formula is C16H24N2O3S. The number of likely N-dealkylation sites (tertiary alicyclic amines) is 1. The van der Waals surface area contributed by atoms with Gasteiger partial charge in [-0.1, -0.05) is 6.42 Å². The second-order valence-electron chi connectivity index (χ2n) is 6.22. The molecule has 0 bridgehead atoms. The van der Waals surface area contributed by atoms with Gasteiger partial charge in [0.25, 0.3) is 0 Å². The van der Waals surface area contributed by atoms with Crippen molar-refractivity contribution in [3.05, 3.63) is 24.3 Å².